The van der Waals surface area contributed by atoms with Crippen molar-refractivity contribution in [1.29, 1.82) is 0 Å². The second-order valence-corrected chi connectivity index (χ2v) is 28.0. The van der Waals surface area contributed by atoms with Gasteiger partial charge in [-0.3, -0.25) is 0 Å². The van der Waals surface area contributed by atoms with Crippen LogP contribution in [0.1, 0.15) is 132 Å². The van der Waals surface area contributed by atoms with E-state index in [-0.39, 0.29) is 33.8 Å². The Morgan fingerprint density at radius 2 is 0.688 bits per heavy atom. The number of hydrogen-bond acceptors (Lipinski definition) is 2. The molecule has 0 bridgehead atoms. The van der Waals surface area contributed by atoms with Crippen LogP contribution in [0.3, 0.4) is 0 Å². The Morgan fingerprint density at radius 1 is 0.312 bits per heavy atom. The minimum Gasteiger partial charge on any atom is -0.311 e. The van der Waals surface area contributed by atoms with Gasteiger partial charge in [-0.05, 0) is 162 Å². The summed E-state index contributed by atoms with van der Waals surface area (Å²) in [4.78, 5) is 5.39. The molecule has 0 aliphatic carbocycles. The zero-order valence-electron chi connectivity index (χ0n) is 48.1. The Bertz CT molecular complexity index is 3980. The topological polar surface area (TPSA) is 6.48 Å². The van der Waals surface area contributed by atoms with Crippen LogP contribution in [0.15, 0.2) is 170 Å². The van der Waals surface area contributed by atoms with Crippen molar-refractivity contribution in [1.82, 2.24) is 0 Å². The molecule has 0 aromatic heterocycles. The van der Waals surface area contributed by atoms with Crippen LogP contribution >= 0.6 is 0 Å². The molecule has 0 amide bonds. The first-order chi connectivity index (χ1) is 36.3. The van der Waals surface area contributed by atoms with Gasteiger partial charge in [-0.25, -0.2) is 0 Å². The van der Waals surface area contributed by atoms with E-state index in [9.17, 15) is 0 Å². The van der Waals surface area contributed by atoms with Crippen molar-refractivity contribution in [2.24, 2.45) is 0 Å². The highest BCUT2D eigenvalue weighted by Gasteiger charge is 2.45. The van der Waals surface area contributed by atoms with Crippen molar-refractivity contribution in [2.75, 3.05) is 9.80 Å². The van der Waals surface area contributed by atoms with Crippen molar-refractivity contribution in [3.8, 4) is 11.1 Å². The molecular weight excluding hydrogens is 928 g/mol. The standard InChI is InChI=1S/C74H73BN2/c1-70(2,3)50-34-47-25-24-46-26-30-57(60-31-27-48(35-50)65(47)66(46)60)49-36-63-67-64(37-49)77(56-42-53(73(10,11)12)39-54(43-56)74(13,14)15)69-59-23-19-17-21-45(59)29-33-62(69)75(67)61-32-28-44-20-16-18-22-58(44)68(61)76(63)55-40-51(71(4,5)6)38-52(41-55)72(7,8)9/h16-43H,1-15H3. The number of anilines is 6. The van der Waals surface area contributed by atoms with E-state index in [1.807, 2.05) is 0 Å². The minimum atomic E-state index is -0.0911. The van der Waals surface area contributed by atoms with Crippen LogP contribution in [0, 0.1) is 0 Å². The number of benzene rings is 11. The van der Waals surface area contributed by atoms with E-state index in [1.54, 1.807) is 0 Å². The molecular formula is C74H73BN2. The molecule has 2 nitrogen and oxygen atoms in total. The zero-order chi connectivity index (χ0) is 54.0. The largest absolute Gasteiger partial charge is 0.311 e. The highest BCUT2D eigenvalue weighted by molar-refractivity contribution is 7.00. The van der Waals surface area contributed by atoms with Gasteiger partial charge < -0.3 is 9.80 Å². The van der Waals surface area contributed by atoms with Crippen LogP contribution in [-0.2, 0) is 27.1 Å². The van der Waals surface area contributed by atoms with Crippen LogP contribution < -0.4 is 26.2 Å². The second-order valence-electron chi connectivity index (χ2n) is 28.0. The molecule has 77 heavy (non-hydrogen) atoms. The summed E-state index contributed by atoms with van der Waals surface area (Å²) < 4.78 is 0. The summed E-state index contributed by atoms with van der Waals surface area (Å²) in [5, 5.41) is 12.8. The highest BCUT2D eigenvalue weighted by Crippen LogP contribution is 2.52. The lowest BCUT2D eigenvalue weighted by Crippen LogP contribution is -2.61. The Hall–Kier alpha value is -7.36. The molecule has 13 rings (SSSR count). The average Bonchev–Trinajstić information content (AvgIpc) is 3.43. The third kappa shape index (κ3) is 7.80. The molecule has 0 saturated heterocycles. The van der Waals surface area contributed by atoms with Gasteiger partial charge in [0, 0.05) is 44.9 Å². The molecule has 0 unspecified atom stereocenters. The van der Waals surface area contributed by atoms with E-state index in [1.165, 1.54) is 143 Å². The number of hydrogen-bond donors (Lipinski definition) is 0. The first-order valence-corrected chi connectivity index (χ1v) is 28.2. The third-order valence-electron chi connectivity index (χ3n) is 17.4. The van der Waals surface area contributed by atoms with Gasteiger partial charge in [0.1, 0.15) is 0 Å². The molecule has 0 radical (unpaired) electrons. The van der Waals surface area contributed by atoms with Gasteiger partial charge in [0.25, 0.3) is 6.71 Å². The maximum absolute atomic E-state index is 2.70. The van der Waals surface area contributed by atoms with Crippen LogP contribution in [0.25, 0.3) is 65.0 Å². The van der Waals surface area contributed by atoms with E-state index in [0.717, 1.165) is 0 Å². The lowest BCUT2D eigenvalue weighted by Gasteiger charge is -2.46. The summed E-state index contributed by atoms with van der Waals surface area (Å²) in [6.07, 6.45) is 0. The van der Waals surface area contributed by atoms with Gasteiger partial charge >= 0.3 is 0 Å². The fraction of sp³-hybridized carbons (Fsp3) is 0.270. The molecule has 11 aromatic rings. The first-order valence-electron chi connectivity index (χ1n) is 28.2. The number of fused-ring (bicyclic) bond motifs is 8. The SMILES string of the molecule is CC(C)(C)c1cc(N2c3cc(-c4ccc5ccc6cc(C(C)(C)C)cc7ccc4c5c67)cc4c3B(c3ccc5ccccc5c32)c2ccc3ccccc3c2N4c2cc(C(C)(C)C)cc(C(C)(C)C)c2)cc(C(C)(C)C)c1. The summed E-state index contributed by atoms with van der Waals surface area (Å²) in [6.45, 7) is 35.3. The van der Waals surface area contributed by atoms with E-state index in [0.29, 0.717) is 0 Å². The molecule has 3 heteroatoms. The predicted molar refractivity (Wildman–Crippen MR) is 338 cm³/mol. The normalized spacial score (nSPS) is 14.1. The van der Waals surface area contributed by atoms with Gasteiger partial charge in [-0.1, -0.05) is 237 Å². The lowest BCUT2D eigenvalue weighted by atomic mass is 9.33. The molecule has 382 valence electrons. The average molecular weight is 1000 g/mol. The Balaban J connectivity index is 1.22. The Morgan fingerprint density at radius 3 is 1.13 bits per heavy atom. The second kappa shape index (κ2) is 16.6. The summed E-state index contributed by atoms with van der Waals surface area (Å²) in [5.41, 5.74) is 20.2. The Labute approximate surface area is 458 Å². The molecule has 2 aliphatic heterocycles. The molecule has 11 aromatic carbocycles. The van der Waals surface area contributed by atoms with Crippen LogP contribution in [0.5, 0.6) is 0 Å². The van der Waals surface area contributed by atoms with Gasteiger partial charge in [0.15, 0.2) is 0 Å². The molecule has 0 fully saturated rings. The molecule has 0 atom stereocenters. The van der Waals surface area contributed by atoms with Gasteiger partial charge in [-0.15, -0.1) is 0 Å². The Kier molecular flexibility index (Phi) is 10.6. The smallest absolute Gasteiger partial charge is 0.252 e. The van der Waals surface area contributed by atoms with Crippen molar-refractivity contribution in [2.45, 2.75) is 131 Å². The van der Waals surface area contributed by atoms with Crippen LogP contribution in [-0.4, -0.2) is 6.71 Å². The first kappa shape index (κ1) is 49.2. The van der Waals surface area contributed by atoms with E-state index in [2.05, 4.69) is 284 Å². The third-order valence-corrected chi connectivity index (χ3v) is 17.4. The zero-order valence-corrected chi connectivity index (χ0v) is 48.1. The van der Waals surface area contributed by atoms with Crippen LogP contribution in [0.4, 0.5) is 34.1 Å². The number of nitrogens with zero attached hydrogens (tertiary/aromatic N) is 2. The summed E-state index contributed by atoms with van der Waals surface area (Å²) in [7, 11) is 0. The monoisotopic (exact) mass is 1000 g/mol. The summed E-state index contributed by atoms with van der Waals surface area (Å²) >= 11 is 0. The summed E-state index contributed by atoms with van der Waals surface area (Å²) in [6, 6.07) is 67.2. The lowest BCUT2D eigenvalue weighted by molar-refractivity contribution is 0.568. The highest BCUT2D eigenvalue weighted by atomic mass is 15.2. The quantitative estimate of drug-likeness (QED) is 0.129. The maximum Gasteiger partial charge on any atom is 0.252 e. The molecule has 0 spiro atoms. The van der Waals surface area contributed by atoms with E-state index >= 15 is 0 Å². The maximum atomic E-state index is 2.70. The fourth-order valence-electron chi connectivity index (χ4n) is 12.9. The van der Waals surface area contributed by atoms with E-state index in [4.69, 9.17) is 0 Å². The molecule has 0 N–H and O–H groups in total. The summed E-state index contributed by atoms with van der Waals surface area (Å²) in [5.74, 6) is 0. The molecule has 0 saturated carbocycles. The fourth-order valence-corrected chi connectivity index (χ4v) is 12.9. The van der Waals surface area contributed by atoms with Crippen molar-refractivity contribution in [3.05, 3.63) is 198 Å². The van der Waals surface area contributed by atoms with Crippen molar-refractivity contribution >= 4 is 111 Å². The van der Waals surface area contributed by atoms with E-state index < -0.39 is 0 Å². The van der Waals surface area contributed by atoms with Gasteiger partial charge in [0.05, 0.1) is 0 Å². The predicted octanol–water partition coefficient (Wildman–Crippen LogP) is 19.1. The van der Waals surface area contributed by atoms with Gasteiger partial charge in [-0.2, -0.15) is 0 Å². The van der Waals surface area contributed by atoms with Crippen LogP contribution in [0.2, 0.25) is 0 Å². The van der Waals surface area contributed by atoms with Gasteiger partial charge in [0.2, 0.25) is 0 Å². The number of rotatable bonds is 3. The van der Waals surface area contributed by atoms with Crippen molar-refractivity contribution < 1.29 is 0 Å². The van der Waals surface area contributed by atoms with Crippen molar-refractivity contribution in [3.63, 3.8) is 0 Å². The molecule has 2 heterocycles. The minimum absolute atomic E-state index is 0.0315. The molecule has 2 aliphatic rings.